The molecule has 1 heterocycles. The van der Waals surface area contributed by atoms with Crippen molar-refractivity contribution in [3.8, 4) is 0 Å². The van der Waals surface area contributed by atoms with Crippen LogP contribution in [0.4, 0.5) is 0 Å². The Bertz CT molecular complexity index is 967. The molecule has 0 saturated carbocycles. The Morgan fingerprint density at radius 2 is 1.30 bits per heavy atom. The second kappa shape index (κ2) is 9.94. The van der Waals surface area contributed by atoms with E-state index in [1.54, 1.807) is 36.4 Å². The number of nitrogens with zero attached hydrogens (tertiary/aromatic N) is 1. The van der Waals surface area contributed by atoms with Crippen LogP contribution in [0.25, 0.3) is 0 Å². The van der Waals surface area contributed by atoms with E-state index in [2.05, 4.69) is 0 Å². The minimum absolute atomic E-state index is 0.0901. The van der Waals surface area contributed by atoms with E-state index in [9.17, 15) is 18.0 Å². The summed E-state index contributed by atoms with van der Waals surface area (Å²) in [6.07, 6.45) is 0. The second-order valence-electron chi connectivity index (χ2n) is 6.62. The van der Waals surface area contributed by atoms with Gasteiger partial charge in [-0.15, -0.1) is 0 Å². The molecule has 0 fully saturated rings. The normalized spacial score (nSPS) is 13.7. The summed E-state index contributed by atoms with van der Waals surface area (Å²) in [5.41, 5.74) is 1.78. The Morgan fingerprint density at radius 1 is 0.767 bits per heavy atom. The van der Waals surface area contributed by atoms with E-state index in [1.807, 2.05) is 6.92 Å². The number of ether oxygens (including phenoxy) is 2. The van der Waals surface area contributed by atoms with E-state index in [-0.39, 0.29) is 56.3 Å². The van der Waals surface area contributed by atoms with Gasteiger partial charge in [0.1, 0.15) is 0 Å². The van der Waals surface area contributed by atoms with Gasteiger partial charge in [0.05, 0.1) is 55.6 Å². The van der Waals surface area contributed by atoms with Crippen LogP contribution in [0.1, 0.15) is 26.3 Å². The molecule has 0 saturated heterocycles. The Balaban J connectivity index is 1.27. The third-order valence-electron chi connectivity index (χ3n) is 4.49. The molecule has 0 unspecified atom stereocenters. The van der Waals surface area contributed by atoms with Crippen LogP contribution in [0.3, 0.4) is 0 Å². The lowest BCUT2D eigenvalue weighted by atomic mass is 10.1. The maximum atomic E-state index is 12.2. The number of carbonyl (C=O) groups is 2. The summed E-state index contributed by atoms with van der Waals surface area (Å²) in [5.74, 6) is -0.634. The number of benzene rings is 2. The highest BCUT2D eigenvalue weighted by Gasteiger charge is 2.34. The van der Waals surface area contributed by atoms with Crippen LogP contribution in [0, 0.1) is 6.92 Å². The van der Waals surface area contributed by atoms with E-state index in [0.717, 1.165) is 10.5 Å². The maximum Gasteiger partial charge on any atom is 0.297 e. The smallest absolute Gasteiger partial charge is 0.297 e. The van der Waals surface area contributed by atoms with Gasteiger partial charge in [-0.2, -0.15) is 8.42 Å². The number of hydrogen-bond acceptors (Lipinski definition) is 7. The van der Waals surface area contributed by atoms with Crippen molar-refractivity contribution in [1.82, 2.24) is 4.90 Å². The van der Waals surface area contributed by atoms with Crippen molar-refractivity contribution in [3.63, 3.8) is 0 Å². The van der Waals surface area contributed by atoms with Crippen molar-refractivity contribution in [1.29, 1.82) is 0 Å². The van der Waals surface area contributed by atoms with Crippen LogP contribution in [0.2, 0.25) is 0 Å². The Morgan fingerprint density at radius 3 is 1.90 bits per heavy atom. The van der Waals surface area contributed by atoms with Gasteiger partial charge in [0, 0.05) is 0 Å². The summed E-state index contributed by atoms with van der Waals surface area (Å²) in [4.78, 5) is 25.7. The number of hydrogen-bond donors (Lipinski definition) is 0. The standard InChI is InChI=1S/C21H23NO7S/c1-16-6-8-17(9-7-16)30(25,26)29-15-14-28-13-12-27-11-10-22-20(23)18-4-2-3-5-19(18)21(22)24/h2-9H,10-15H2,1H3. The molecule has 0 aromatic heterocycles. The first-order chi connectivity index (χ1) is 14.4. The highest BCUT2D eigenvalue weighted by molar-refractivity contribution is 7.86. The molecule has 0 radical (unpaired) electrons. The van der Waals surface area contributed by atoms with Crippen LogP contribution < -0.4 is 0 Å². The van der Waals surface area contributed by atoms with Crippen molar-refractivity contribution in [2.24, 2.45) is 0 Å². The molecule has 0 aliphatic carbocycles. The number of carbonyl (C=O) groups excluding carboxylic acids is 2. The van der Waals surface area contributed by atoms with Crippen LogP contribution in [-0.4, -0.2) is 64.7 Å². The van der Waals surface area contributed by atoms with Crippen molar-refractivity contribution in [3.05, 3.63) is 65.2 Å². The molecular weight excluding hydrogens is 410 g/mol. The maximum absolute atomic E-state index is 12.2. The average Bonchev–Trinajstić information content (AvgIpc) is 2.98. The number of amides is 2. The molecule has 0 atom stereocenters. The topological polar surface area (TPSA) is 99.2 Å². The number of imide groups is 1. The van der Waals surface area contributed by atoms with E-state index in [1.165, 1.54) is 12.1 Å². The van der Waals surface area contributed by atoms with Crippen molar-refractivity contribution >= 4 is 21.9 Å². The molecule has 0 spiro atoms. The fourth-order valence-corrected chi connectivity index (χ4v) is 3.79. The van der Waals surface area contributed by atoms with Crippen LogP contribution in [-0.2, 0) is 23.8 Å². The molecule has 2 aromatic carbocycles. The Kier molecular flexibility index (Phi) is 7.33. The van der Waals surface area contributed by atoms with Gasteiger partial charge < -0.3 is 9.47 Å². The number of rotatable bonds is 11. The molecule has 1 aliphatic heterocycles. The third kappa shape index (κ3) is 5.31. The Hall–Kier alpha value is -2.59. The molecule has 30 heavy (non-hydrogen) atoms. The van der Waals surface area contributed by atoms with Crippen LogP contribution >= 0.6 is 0 Å². The van der Waals surface area contributed by atoms with Crippen LogP contribution in [0.5, 0.6) is 0 Å². The van der Waals surface area contributed by atoms with E-state index < -0.39 is 10.1 Å². The lowest BCUT2D eigenvalue weighted by Gasteiger charge is -2.13. The summed E-state index contributed by atoms with van der Waals surface area (Å²) >= 11 is 0. The first-order valence-electron chi connectivity index (χ1n) is 9.47. The Labute approximate surface area is 175 Å². The zero-order valence-corrected chi connectivity index (χ0v) is 17.4. The summed E-state index contributed by atoms with van der Waals surface area (Å²) in [6.45, 7) is 2.67. The van der Waals surface area contributed by atoms with Crippen molar-refractivity contribution < 1.29 is 31.7 Å². The van der Waals surface area contributed by atoms with Gasteiger partial charge in [-0.3, -0.25) is 18.7 Å². The summed E-state index contributed by atoms with van der Waals surface area (Å²) in [6, 6.07) is 13.1. The molecule has 3 rings (SSSR count). The largest absolute Gasteiger partial charge is 0.377 e. The van der Waals surface area contributed by atoms with E-state index >= 15 is 0 Å². The average molecular weight is 433 g/mol. The summed E-state index contributed by atoms with van der Waals surface area (Å²) in [7, 11) is -3.80. The molecule has 2 aromatic rings. The first-order valence-corrected chi connectivity index (χ1v) is 10.9. The van der Waals surface area contributed by atoms with Gasteiger partial charge in [-0.25, -0.2) is 0 Å². The number of fused-ring (bicyclic) bond motifs is 1. The lowest BCUT2D eigenvalue weighted by molar-refractivity contribution is 0.0287. The van der Waals surface area contributed by atoms with Gasteiger partial charge in [0.2, 0.25) is 0 Å². The molecule has 0 bridgehead atoms. The van der Waals surface area contributed by atoms with E-state index in [4.69, 9.17) is 13.7 Å². The number of aryl methyl sites for hydroxylation is 1. The summed E-state index contributed by atoms with van der Waals surface area (Å²) < 4.78 is 39.6. The summed E-state index contributed by atoms with van der Waals surface area (Å²) in [5, 5.41) is 0. The zero-order chi connectivity index (χ0) is 21.6. The van der Waals surface area contributed by atoms with Gasteiger partial charge in [0.15, 0.2) is 0 Å². The van der Waals surface area contributed by atoms with Gasteiger partial charge in [0.25, 0.3) is 21.9 Å². The molecule has 8 nitrogen and oxygen atoms in total. The monoisotopic (exact) mass is 433 g/mol. The highest BCUT2D eigenvalue weighted by Crippen LogP contribution is 2.21. The lowest BCUT2D eigenvalue weighted by Crippen LogP contribution is -2.33. The SMILES string of the molecule is Cc1ccc(S(=O)(=O)OCCOCCOCCN2C(=O)c3ccccc3C2=O)cc1. The van der Waals surface area contributed by atoms with E-state index in [0.29, 0.717) is 11.1 Å². The predicted molar refractivity (Wildman–Crippen MR) is 108 cm³/mol. The molecular formula is C21H23NO7S. The predicted octanol–water partition coefficient (Wildman–Crippen LogP) is 2.03. The zero-order valence-electron chi connectivity index (χ0n) is 16.6. The van der Waals surface area contributed by atoms with Crippen molar-refractivity contribution in [2.75, 3.05) is 39.6 Å². The minimum atomic E-state index is -3.80. The minimum Gasteiger partial charge on any atom is -0.377 e. The molecule has 0 N–H and O–H groups in total. The highest BCUT2D eigenvalue weighted by atomic mass is 32.2. The van der Waals surface area contributed by atoms with Gasteiger partial charge >= 0.3 is 0 Å². The van der Waals surface area contributed by atoms with Crippen molar-refractivity contribution in [2.45, 2.75) is 11.8 Å². The fraction of sp³-hybridized carbons (Fsp3) is 0.333. The molecule has 9 heteroatoms. The third-order valence-corrected chi connectivity index (χ3v) is 5.81. The van der Waals surface area contributed by atoms with Gasteiger partial charge in [-0.1, -0.05) is 29.8 Å². The molecule has 2 amide bonds. The van der Waals surface area contributed by atoms with Gasteiger partial charge in [-0.05, 0) is 31.2 Å². The fourth-order valence-electron chi connectivity index (χ4n) is 2.90. The molecule has 160 valence electrons. The first kappa shape index (κ1) is 22.1. The second-order valence-corrected chi connectivity index (χ2v) is 8.24. The van der Waals surface area contributed by atoms with Crippen LogP contribution in [0.15, 0.2) is 53.4 Å². The quantitative estimate of drug-likeness (QED) is 0.304. The molecule has 1 aliphatic rings.